The molecule has 0 aromatic carbocycles. The van der Waals surface area contributed by atoms with Crippen LogP contribution in [0.2, 0.25) is 0 Å². The SMILES string of the molecule is C=CC(=O)OCCOCC[P+]([O-])=C(O)C[N+](C)(C)C. The summed E-state index contributed by atoms with van der Waals surface area (Å²) in [5.41, 5.74) is 0.00388. The van der Waals surface area contributed by atoms with Crippen LogP contribution in [0.1, 0.15) is 0 Å². The van der Waals surface area contributed by atoms with Gasteiger partial charge in [-0.15, -0.1) is 0 Å². The second-order valence-corrected chi connectivity index (χ2v) is 6.67. The maximum absolute atomic E-state index is 11.7. The van der Waals surface area contributed by atoms with Gasteiger partial charge in [0.25, 0.3) is 5.48 Å². The zero-order valence-corrected chi connectivity index (χ0v) is 12.7. The molecule has 0 bridgehead atoms. The fourth-order valence-corrected chi connectivity index (χ4v) is 2.28. The minimum Gasteiger partial charge on any atom is -0.628 e. The first kappa shape index (κ1) is 18.2. The van der Waals surface area contributed by atoms with E-state index in [0.717, 1.165) is 6.08 Å². The fraction of sp³-hybridized carbons (Fsp3) is 0.667. The van der Waals surface area contributed by atoms with Crippen molar-refractivity contribution < 1.29 is 28.8 Å². The smallest absolute Gasteiger partial charge is 0.330 e. The minimum absolute atomic E-state index is 0.00388. The minimum atomic E-state index is -1.78. The molecule has 0 saturated carbocycles. The van der Waals surface area contributed by atoms with Gasteiger partial charge in [-0.2, -0.15) is 0 Å². The number of aliphatic hydroxyl groups excluding tert-OH is 1. The third-order valence-electron chi connectivity index (χ3n) is 1.98. The number of hydrogen-bond acceptors (Lipinski definition) is 4. The van der Waals surface area contributed by atoms with E-state index in [-0.39, 0.29) is 31.5 Å². The molecular weight excluding hydrogens is 269 g/mol. The van der Waals surface area contributed by atoms with Crippen molar-refractivity contribution in [2.45, 2.75) is 0 Å². The molecule has 0 amide bonds. The third kappa shape index (κ3) is 10.8. The van der Waals surface area contributed by atoms with Crippen molar-refractivity contribution in [3.8, 4) is 0 Å². The highest BCUT2D eigenvalue weighted by molar-refractivity contribution is 7.51. The quantitative estimate of drug-likeness (QED) is 0.207. The summed E-state index contributed by atoms with van der Waals surface area (Å²) in [4.78, 5) is 22.4. The summed E-state index contributed by atoms with van der Waals surface area (Å²) < 4.78 is 10.4. The summed E-state index contributed by atoms with van der Waals surface area (Å²) in [5.74, 6) is -0.497. The molecule has 0 saturated heterocycles. The Hall–Kier alpha value is -0.780. The average Bonchev–Trinajstić information content (AvgIpc) is 2.30. The molecule has 0 aromatic rings. The van der Waals surface area contributed by atoms with Gasteiger partial charge in [0.2, 0.25) is 0 Å². The number of rotatable bonds is 9. The Morgan fingerprint density at radius 1 is 1.37 bits per heavy atom. The van der Waals surface area contributed by atoms with Crippen molar-refractivity contribution in [3.63, 3.8) is 0 Å². The molecule has 7 heteroatoms. The van der Waals surface area contributed by atoms with E-state index < -0.39 is 13.7 Å². The predicted molar refractivity (Wildman–Crippen MR) is 73.6 cm³/mol. The molecule has 0 aromatic heterocycles. The normalized spacial score (nSPS) is 12.9. The first-order valence-electron chi connectivity index (χ1n) is 5.93. The largest absolute Gasteiger partial charge is 0.628 e. The molecule has 0 rings (SSSR count). The van der Waals surface area contributed by atoms with Crippen molar-refractivity contribution in [1.29, 1.82) is 0 Å². The first-order chi connectivity index (χ1) is 8.76. The summed E-state index contributed by atoms with van der Waals surface area (Å²) in [6.07, 6.45) is 1.34. The van der Waals surface area contributed by atoms with Crippen LogP contribution in [0.4, 0.5) is 0 Å². The molecule has 19 heavy (non-hydrogen) atoms. The summed E-state index contributed by atoms with van der Waals surface area (Å²) in [6, 6.07) is 0. The molecule has 0 spiro atoms. The lowest BCUT2D eigenvalue weighted by atomic mass is 10.5. The van der Waals surface area contributed by atoms with Gasteiger partial charge in [-0.1, -0.05) is 6.58 Å². The van der Waals surface area contributed by atoms with Crippen LogP contribution in [-0.4, -0.2) is 74.7 Å². The number of likely N-dealkylation sites (N-methyl/N-ethyl adjacent to an activating group) is 1. The van der Waals surface area contributed by atoms with Gasteiger partial charge in [-0.05, 0) is 0 Å². The number of carbonyl (C=O) groups excluding carboxylic acids is 1. The third-order valence-corrected chi connectivity index (χ3v) is 3.29. The Bertz CT molecular complexity index is 336. The average molecular weight is 292 g/mol. The second-order valence-electron chi connectivity index (χ2n) is 4.95. The maximum atomic E-state index is 11.7. The topological polar surface area (TPSA) is 78.8 Å². The van der Waals surface area contributed by atoms with Crippen LogP contribution < -0.4 is 4.89 Å². The van der Waals surface area contributed by atoms with Gasteiger partial charge in [-0.25, -0.2) is 4.79 Å². The number of aliphatic hydroxyl groups is 1. The van der Waals surface area contributed by atoms with Crippen molar-refractivity contribution in [2.24, 2.45) is 0 Å². The molecule has 0 fully saturated rings. The molecule has 0 aliphatic heterocycles. The summed E-state index contributed by atoms with van der Waals surface area (Å²) in [7, 11) is 3.93. The van der Waals surface area contributed by atoms with E-state index in [9.17, 15) is 14.8 Å². The van der Waals surface area contributed by atoms with Crippen LogP contribution in [0.5, 0.6) is 0 Å². The van der Waals surface area contributed by atoms with Gasteiger partial charge in [0.15, 0.2) is 6.54 Å². The Morgan fingerprint density at radius 2 is 2.00 bits per heavy atom. The van der Waals surface area contributed by atoms with Gasteiger partial charge >= 0.3 is 5.97 Å². The van der Waals surface area contributed by atoms with Crippen LogP contribution in [-0.2, 0) is 14.3 Å². The predicted octanol–water partition coefficient (Wildman–Crippen LogP) is -0.302. The fourth-order valence-electron chi connectivity index (χ4n) is 1.14. The zero-order valence-electron chi connectivity index (χ0n) is 11.8. The highest BCUT2D eigenvalue weighted by Crippen LogP contribution is 2.13. The number of carbonyl (C=O) groups is 1. The van der Waals surface area contributed by atoms with Gasteiger partial charge < -0.3 is 24.0 Å². The van der Waals surface area contributed by atoms with Crippen molar-refractivity contribution >= 4 is 19.2 Å². The van der Waals surface area contributed by atoms with Crippen LogP contribution in [0, 0.1) is 0 Å². The Labute approximate surface area is 115 Å². The van der Waals surface area contributed by atoms with Gasteiger partial charge in [-0.3, -0.25) is 0 Å². The van der Waals surface area contributed by atoms with E-state index in [2.05, 4.69) is 6.58 Å². The molecule has 1 atom stereocenters. The van der Waals surface area contributed by atoms with E-state index >= 15 is 0 Å². The molecule has 0 aliphatic carbocycles. The highest BCUT2D eigenvalue weighted by Gasteiger charge is 2.16. The number of nitrogens with zero attached hydrogens (tertiary/aromatic N) is 1. The highest BCUT2D eigenvalue weighted by atomic mass is 31.1. The molecule has 1 unspecified atom stereocenters. The van der Waals surface area contributed by atoms with E-state index in [4.69, 9.17) is 9.47 Å². The number of quaternary nitrogens is 1. The molecule has 110 valence electrons. The van der Waals surface area contributed by atoms with Gasteiger partial charge in [0, 0.05) is 6.08 Å². The van der Waals surface area contributed by atoms with Crippen LogP contribution in [0.3, 0.4) is 0 Å². The molecular formula is C12H23NO5P+. The Kier molecular flexibility index (Phi) is 8.80. The van der Waals surface area contributed by atoms with Crippen molar-refractivity contribution in [3.05, 3.63) is 12.7 Å². The van der Waals surface area contributed by atoms with Crippen molar-refractivity contribution in [1.82, 2.24) is 0 Å². The molecule has 0 heterocycles. The standard InChI is InChI=1S/C12H22NO5P/c1-5-11(14)18-7-6-17-8-9-19(16)12(15)10-13(2,3)4/h5H,1,6-10H2,2-4H3/p+1. The van der Waals surface area contributed by atoms with Crippen LogP contribution >= 0.6 is 7.77 Å². The van der Waals surface area contributed by atoms with E-state index in [1.54, 1.807) is 0 Å². The lowest BCUT2D eigenvalue weighted by Gasteiger charge is -2.22. The van der Waals surface area contributed by atoms with E-state index in [0.29, 0.717) is 11.0 Å². The lowest BCUT2D eigenvalue weighted by molar-refractivity contribution is -0.861. The maximum Gasteiger partial charge on any atom is 0.330 e. The molecule has 6 nitrogen and oxygen atoms in total. The van der Waals surface area contributed by atoms with Crippen molar-refractivity contribution in [2.75, 3.05) is 53.7 Å². The van der Waals surface area contributed by atoms with Gasteiger partial charge in [0.1, 0.15) is 12.8 Å². The van der Waals surface area contributed by atoms with E-state index in [1.807, 2.05) is 21.1 Å². The van der Waals surface area contributed by atoms with Crippen LogP contribution in [0.25, 0.3) is 0 Å². The molecule has 0 aliphatic rings. The number of esters is 1. The lowest BCUT2D eigenvalue weighted by Crippen LogP contribution is -2.39. The number of ether oxygens (including phenoxy) is 2. The van der Waals surface area contributed by atoms with Gasteiger partial charge in [0.05, 0.1) is 42.1 Å². The monoisotopic (exact) mass is 292 g/mol. The summed E-state index contributed by atoms with van der Waals surface area (Å²) in [6.45, 7) is 4.24. The molecule has 0 radical (unpaired) electrons. The van der Waals surface area contributed by atoms with E-state index in [1.165, 1.54) is 0 Å². The first-order valence-corrected chi connectivity index (χ1v) is 7.37. The number of hydrogen-bond donors (Lipinski definition) is 1. The summed E-state index contributed by atoms with van der Waals surface area (Å²) in [5, 5.41) is 9.64. The Balaban J connectivity index is 3.79. The van der Waals surface area contributed by atoms with Crippen LogP contribution in [0.15, 0.2) is 12.7 Å². The second kappa shape index (κ2) is 9.18. The zero-order chi connectivity index (χ0) is 14.9. The summed E-state index contributed by atoms with van der Waals surface area (Å²) >= 11 is 0. The molecule has 1 N–H and O–H groups in total. The Morgan fingerprint density at radius 3 is 2.53 bits per heavy atom.